The molecular formula is C13H21N5. The molecule has 0 saturated heterocycles. The van der Waals surface area contributed by atoms with Gasteiger partial charge in [0.1, 0.15) is 17.5 Å². The summed E-state index contributed by atoms with van der Waals surface area (Å²) in [6, 6.07) is 4.11. The number of nitriles is 1. The van der Waals surface area contributed by atoms with Crippen molar-refractivity contribution >= 4 is 11.6 Å². The van der Waals surface area contributed by atoms with Crippen LogP contribution in [0.15, 0.2) is 6.07 Å². The highest BCUT2D eigenvalue weighted by atomic mass is 15.2. The fraction of sp³-hybridized carbons (Fsp3) is 0.615. The van der Waals surface area contributed by atoms with Gasteiger partial charge in [-0.1, -0.05) is 13.8 Å². The van der Waals surface area contributed by atoms with E-state index in [9.17, 15) is 0 Å². The minimum Gasteiger partial charge on any atom is -0.373 e. The van der Waals surface area contributed by atoms with E-state index in [2.05, 4.69) is 40.1 Å². The minimum atomic E-state index is 0.505. The van der Waals surface area contributed by atoms with Crippen molar-refractivity contribution in [3.05, 3.63) is 11.9 Å². The van der Waals surface area contributed by atoms with Gasteiger partial charge >= 0.3 is 0 Å². The first-order valence-electron chi connectivity index (χ1n) is 6.22. The third kappa shape index (κ3) is 4.21. The Morgan fingerprint density at radius 1 is 1.44 bits per heavy atom. The molecule has 5 nitrogen and oxygen atoms in total. The van der Waals surface area contributed by atoms with Gasteiger partial charge < -0.3 is 10.2 Å². The summed E-state index contributed by atoms with van der Waals surface area (Å²) >= 11 is 0. The van der Waals surface area contributed by atoms with Crippen molar-refractivity contribution < 1.29 is 0 Å². The first-order valence-corrected chi connectivity index (χ1v) is 6.22. The maximum Gasteiger partial charge on any atom is 0.134 e. The molecule has 1 aromatic rings. The zero-order chi connectivity index (χ0) is 13.5. The van der Waals surface area contributed by atoms with Gasteiger partial charge in [0.15, 0.2) is 0 Å². The van der Waals surface area contributed by atoms with E-state index in [4.69, 9.17) is 5.26 Å². The van der Waals surface area contributed by atoms with Crippen LogP contribution in [-0.2, 0) is 0 Å². The normalized spacial score (nSPS) is 10.2. The Bertz CT molecular complexity index is 422. The topological polar surface area (TPSA) is 64.8 Å². The fourth-order valence-corrected chi connectivity index (χ4v) is 1.77. The Morgan fingerprint density at radius 3 is 2.72 bits per heavy atom. The van der Waals surface area contributed by atoms with Gasteiger partial charge in [-0.2, -0.15) is 5.26 Å². The fourth-order valence-electron chi connectivity index (χ4n) is 1.77. The van der Waals surface area contributed by atoms with Crippen LogP contribution in [0.4, 0.5) is 11.6 Å². The third-order valence-electron chi connectivity index (χ3n) is 2.48. The second-order valence-electron chi connectivity index (χ2n) is 4.66. The molecule has 0 fully saturated rings. The summed E-state index contributed by atoms with van der Waals surface area (Å²) < 4.78 is 0. The molecule has 1 aromatic heterocycles. The van der Waals surface area contributed by atoms with E-state index in [1.165, 1.54) is 0 Å². The highest BCUT2D eigenvalue weighted by molar-refractivity contribution is 5.49. The molecule has 0 unspecified atom stereocenters. The number of rotatable bonds is 6. The van der Waals surface area contributed by atoms with Crippen LogP contribution in [0.3, 0.4) is 0 Å². The average molecular weight is 247 g/mol. The van der Waals surface area contributed by atoms with Gasteiger partial charge in [0.05, 0.1) is 12.5 Å². The summed E-state index contributed by atoms with van der Waals surface area (Å²) in [6.45, 7) is 7.79. The maximum absolute atomic E-state index is 8.73. The largest absolute Gasteiger partial charge is 0.373 e. The highest BCUT2D eigenvalue weighted by Crippen LogP contribution is 2.17. The SMILES string of the molecule is CNc1cc(N(CCC#N)CC(C)C)nc(C)n1. The van der Waals surface area contributed by atoms with Crippen LogP contribution >= 0.6 is 0 Å². The number of aryl methyl sites for hydroxylation is 1. The van der Waals surface area contributed by atoms with Crippen LogP contribution < -0.4 is 10.2 Å². The van der Waals surface area contributed by atoms with Crippen LogP contribution in [0.25, 0.3) is 0 Å². The number of nitrogens with one attached hydrogen (secondary N) is 1. The molecule has 0 amide bonds. The van der Waals surface area contributed by atoms with Gasteiger partial charge in [0.25, 0.3) is 0 Å². The summed E-state index contributed by atoms with van der Waals surface area (Å²) in [5.41, 5.74) is 0. The standard InChI is InChI=1S/C13H21N5/c1-10(2)9-18(7-5-6-14)13-8-12(15-4)16-11(3)17-13/h8,10H,5,7,9H2,1-4H3,(H,15,16,17). The monoisotopic (exact) mass is 247 g/mol. The lowest BCUT2D eigenvalue weighted by molar-refractivity contribution is 0.607. The molecule has 0 aromatic carbocycles. The van der Waals surface area contributed by atoms with Gasteiger partial charge in [-0.3, -0.25) is 0 Å². The van der Waals surface area contributed by atoms with Gasteiger partial charge in [-0.15, -0.1) is 0 Å². The second kappa shape index (κ2) is 6.80. The van der Waals surface area contributed by atoms with Crippen molar-refractivity contribution in [2.75, 3.05) is 30.4 Å². The van der Waals surface area contributed by atoms with Crippen LogP contribution in [0.2, 0.25) is 0 Å². The van der Waals surface area contributed by atoms with Crippen LogP contribution in [0.5, 0.6) is 0 Å². The van der Waals surface area contributed by atoms with Gasteiger partial charge in [0.2, 0.25) is 0 Å². The Balaban J connectivity index is 2.96. The number of hydrogen-bond acceptors (Lipinski definition) is 5. The predicted octanol–water partition coefficient (Wildman–Crippen LogP) is 2.20. The lowest BCUT2D eigenvalue weighted by Gasteiger charge is -2.25. The molecule has 0 aliphatic rings. The molecular weight excluding hydrogens is 226 g/mol. The molecule has 98 valence electrons. The molecule has 1 rings (SSSR count). The van der Waals surface area contributed by atoms with E-state index >= 15 is 0 Å². The summed E-state index contributed by atoms with van der Waals surface area (Å²) in [6.07, 6.45) is 0.505. The highest BCUT2D eigenvalue weighted by Gasteiger charge is 2.11. The first kappa shape index (κ1) is 14.2. The quantitative estimate of drug-likeness (QED) is 0.835. The predicted molar refractivity (Wildman–Crippen MR) is 73.6 cm³/mol. The average Bonchev–Trinajstić information content (AvgIpc) is 2.33. The van der Waals surface area contributed by atoms with E-state index < -0.39 is 0 Å². The molecule has 0 saturated carbocycles. The zero-order valence-electron chi connectivity index (χ0n) is 11.6. The second-order valence-corrected chi connectivity index (χ2v) is 4.66. The number of aromatic nitrogens is 2. The minimum absolute atomic E-state index is 0.505. The zero-order valence-corrected chi connectivity index (χ0v) is 11.6. The molecule has 0 atom stereocenters. The summed E-state index contributed by atoms with van der Waals surface area (Å²) in [5, 5.41) is 11.8. The van der Waals surface area contributed by atoms with Crippen molar-refractivity contribution in [3.8, 4) is 6.07 Å². The van der Waals surface area contributed by atoms with Crippen molar-refractivity contribution in [2.45, 2.75) is 27.2 Å². The molecule has 5 heteroatoms. The van der Waals surface area contributed by atoms with Crippen LogP contribution in [0, 0.1) is 24.2 Å². The molecule has 0 aliphatic carbocycles. The molecule has 0 bridgehead atoms. The van der Waals surface area contributed by atoms with Crippen molar-refractivity contribution in [1.82, 2.24) is 9.97 Å². The third-order valence-corrected chi connectivity index (χ3v) is 2.48. The summed E-state index contributed by atoms with van der Waals surface area (Å²) in [7, 11) is 1.84. The molecule has 1 N–H and O–H groups in total. The van der Waals surface area contributed by atoms with Crippen molar-refractivity contribution in [2.24, 2.45) is 5.92 Å². The van der Waals surface area contributed by atoms with E-state index in [-0.39, 0.29) is 0 Å². The first-order chi connectivity index (χ1) is 8.56. The Kier molecular flexibility index (Phi) is 5.37. The van der Waals surface area contributed by atoms with Crippen molar-refractivity contribution in [3.63, 3.8) is 0 Å². The van der Waals surface area contributed by atoms with Gasteiger partial charge in [0, 0.05) is 26.2 Å². The van der Waals surface area contributed by atoms with Crippen LogP contribution in [-0.4, -0.2) is 30.1 Å². The lowest BCUT2D eigenvalue weighted by atomic mass is 10.2. The molecule has 1 heterocycles. The Morgan fingerprint density at radius 2 is 2.17 bits per heavy atom. The van der Waals surface area contributed by atoms with Crippen LogP contribution in [0.1, 0.15) is 26.1 Å². The summed E-state index contributed by atoms with van der Waals surface area (Å²) in [4.78, 5) is 10.9. The maximum atomic E-state index is 8.73. The molecule has 0 radical (unpaired) electrons. The Hall–Kier alpha value is -1.83. The number of nitrogens with zero attached hydrogens (tertiary/aromatic N) is 4. The van der Waals surface area contributed by atoms with Gasteiger partial charge in [-0.05, 0) is 12.8 Å². The number of anilines is 2. The van der Waals surface area contributed by atoms with E-state index in [1.807, 2.05) is 20.0 Å². The van der Waals surface area contributed by atoms with Crippen molar-refractivity contribution in [1.29, 1.82) is 5.26 Å². The smallest absolute Gasteiger partial charge is 0.134 e. The van der Waals surface area contributed by atoms with E-state index in [0.29, 0.717) is 18.9 Å². The summed E-state index contributed by atoms with van der Waals surface area (Å²) in [5.74, 6) is 2.96. The molecule has 0 aliphatic heterocycles. The molecule has 18 heavy (non-hydrogen) atoms. The number of hydrogen-bond donors (Lipinski definition) is 1. The van der Waals surface area contributed by atoms with Gasteiger partial charge in [-0.25, -0.2) is 9.97 Å². The lowest BCUT2D eigenvalue weighted by Crippen LogP contribution is -2.29. The Labute approximate surface area is 109 Å². The van der Waals surface area contributed by atoms with E-state index in [1.54, 1.807) is 0 Å². The van der Waals surface area contributed by atoms with E-state index in [0.717, 1.165) is 24.0 Å². The molecule has 0 spiro atoms.